The molecule has 3 fully saturated rings. The average Bonchev–Trinajstić information content (AvgIpc) is 3.25. The first-order chi connectivity index (χ1) is 14.6. The lowest BCUT2D eigenvalue weighted by molar-refractivity contribution is -0.135. The summed E-state index contributed by atoms with van der Waals surface area (Å²) in [6, 6.07) is 10.5. The predicted octanol–water partition coefficient (Wildman–Crippen LogP) is 1.37. The lowest BCUT2D eigenvalue weighted by atomic mass is 9.93. The molecule has 1 aromatic heterocycles. The van der Waals surface area contributed by atoms with Crippen LogP contribution in [-0.2, 0) is 24.9 Å². The molecule has 0 radical (unpaired) electrons. The van der Waals surface area contributed by atoms with Gasteiger partial charge in [0.15, 0.2) is 0 Å². The molecule has 7 heteroatoms. The molecule has 0 aliphatic carbocycles. The van der Waals surface area contributed by atoms with Crippen molar-refractivity contribution in [3.63, 3.8) is 0 Å². The number of carbonyl (C=O) groups is 1. The number of likely N-dealkylation sites (tertiary alicyclic amines) is 1. The van der Waals surface area contributed by atoms with Gasteiger partial charge in [0.2, 0.25) is 5.91 Å². The van der Waals surface area contributed by atoms with E-state index in [1.54, 1.807) is 0 Å². The highest BCUT2D eigenvalue weighted by atomic mass is 16.2. The van der Waals surface area contributed by atoms with Gasteiger partial charge in [-0.3, -0.25) is 14.6 Å². The maximum absolute atomic E-state index is 13.6. The number of imidazole rings is 1. The number of aryl methyl sites for hydroxylation is 1. The molecule has 0 unspecified atom stereocenters. The minimum atomic E-state index is -0.156. The molecule has 3 aliphatic heterocycles. The minimum absolute atomic E-state index is 0.00597. The van der Waals surface area contributed by atoms with Gasteiger partial charge in [-0.05, 0) is 25.5 Å². The van der Waals surface area contributed by atoms with Gasteiger partial charge in [0.25, 0.3) is 0 Å². The number of fused-ring (bicyclic) bond motifs is 2. The fourth-order valence-corrected chi connectivity index (χ4v) is 5.54. The highest BCUT2D eigenvalue weighted by Crippen LogP contribution is 2.42. The van der Waals surface area contributed by atoms with Crippen LogP contribution in [0.4, 0.5) is 0 Å². The van der Waals surface area contributed by atoms with Gasteiger partial charge in [-0.1, -0.05) is 30.3 Å². The smallest absolute Gasteiger partial charge is 0.243 e. The zero-order valence-electron chi connectivity index (χ0n) is 18.1. The predicted molar refractivity (Wildman–Crippen MR) is 115 cm³/mol. The number of amides is 1. The molecule has 0 bridgehead atoms. The second-order valence-corrected chi connectivity index (χ2v) is 9.09. The maximum atomic E-state index is 13.6. The van der Waals surface area contributed by atoms with Crippen molar-refractivity contribution in [2.45, 2.75) is 37.6 Å². The third kappa shape index (κ3) is 3.35. The summed E-state index contributed by atoms with van der Waals surface area (Å²) in [5.74, 6) is 1.41. The zero-order chi connectivity index (χ0) is 20.7. The van der Waals surface area contributed by atoms with Crippen LogP contribution >= 0.6 is 0 Å². The first kappa shape index (κ1) is 19.7. The van der Waals surface area contributed by atoms with Gasteiger partial charge in [0.1, 0.15) is 11.9 Å². The molecule has 1 atom stereocenters. The average molecular weight is 409 g/mol. The third-order valence-corrected chi connectivity index (χ3v) is 7.30. The summed E-state index contributed by atoms with van der Waals surface area (Å²) < 4.78 is 2.10. The Morgan fingerprint density at radius 3 is 2.50 bits per heavy atom. The van der Waals surface area contributed by atoms with Gasteiger partial charge in [0, 0.05) is 58.7 Å². The molecule has 160 valence electrons. The molecule has 1 amide bonds. The van der Waals surface area contributed by atoms with Crippen molar-refractivity contribution >= 4 is 5.91 Å². The number of piperazine rings is 1. The summed E-state index contributed by atoms with van der Waals surface area (Å²) in [7, 11) is 4.19. The molecular weight excluding hydrogens is 376 g/mol. The standard InChI is InChI=1S/C23H32N6O/c1-25-14-15-28-20(17-25)22(30)29(16-19-6-4-3-5-7-19)23(28)8-11-27(12-9-23)18-21-24-10-13-26(21)2/h3-7,10,13,20H,8-9,11-12,14-18H2,1-2H3/t20-/m1/s1. The van der Waals surface area contributed by atoms with Crippen molar-refractivity contribution in [1.29, 1.82) is 0 Å². The first-order valence-electron chi connectivity index (χ1n) is 11.1. The number of benzene rings is 1. The summed E-state index contributed by atoms with van der Waals surface area (Å²) in [4.78, 5) is 27.6. The van der Waals surface area contributed by atoms with Gasteiger partial charge in [0.05, 0.1) is 12.2 Å². The second-order valence-electron chi connectivity index (χ2n) is 9.09. The molecule has 30 heavy (non-hydrogen) atoms. The minimum Gasteiger partial charge on any atom is -0.337 e. The molecule has 1 spiro atoms. The number of hydrogen-bond acceptors (Lipinski definition) is 5. The van der Waals surface area contributed by atoms with E-state index in [-0.39, 0.29) is 11.7 Å². The van der Waals surface area contributed by atoms with Crippen LogP contribution in [0.1, 0.15) is 24.2 Å². The molecular formula is C23H32N6O. The van der Waals surface area contributed by atoms with Crippen LogP contribution in [0, 0.1) is 0 Å². The van der Waals surface area contributed by atoms with E-state index < -0.39 is 0 Å². The Balaban J connectivity index is 1.38. The van der Waals surface area contributed by atoms with Crippen molar-refractivity contribution in [2.24, 2.45) is 7.05 Å². The second kappa shape index (κ2) is 7.80. The van der Waals surface area contributed by atoms with E-state index in [2.05, 4.69) is 67.5 Å². The van der Waals surface area contributed by atoms with E-state index in [4.69, 9.17) is 0 Å². The monoisotopic (exact) mass is 408 g/mol. The quantitative estimate of drug-likeness (QED) is 0.765. The summed E-state index contributed by atoms with van der Waals surface area (Å²) in [6.45, 7) is 6.39. The van der Waals surface area contributed by atoms with Gasteiger partial charge in [-0.15, -0.1) is 0 Å². The molecule has 7 nitrogen and oxygen atoms in total. The molecule has 5 rings (SSSR count). The van der Waals surface area contributed by atoms with Crippen molar-refractivity contribution in [2.75, 3.05) is 39.8 Å². The Morgan fingerprint density at radius 1 is 1.03 bits per heavy atom. The van der Waals surface area contributed by atoms with Gasteiger partial charge in [-0.25, -0.2) is 4.98 Å². The normalized spacial score (nSPS) is 25.2. The van der Waals surface area contributed by atoms with E-state index in [0.29, 0.717) is 12.5 Å². The maximum Gasteiger partial charge on any atom is 0.243 e. The summed E-state index contributed by atoms with van der Waals surface area (Å²) >= 11 is 0. The molecule has 0 N–H and O–H groups in total. The van der Waals surface area contributed by atoms with Crippen molar-refractivity contribution in [3.8, 4) is 0 Å². The highest BCUT2D eigenvalue weighted by Gasteiger charge is 2.58. The summed E-state index contributed by atoms with van der Waals surface area (Å²) in [5.41, 5.74) is 1.06. The first-order valence-corrected chi connectivity index (χ1v) is 11.1. The Labute approximate surface area is 178 Å². The lowest BCUT2D eigenvalue weighted by Crippen LogP contribution is -2.63. The van der Waals surface area contributed by atoms with Crippen LogP contribution in [-0.4, -0.2) is 86.5 Å². The van der Waals surface area contributed by atoms with Gasteiger partial charge >= 0.3 is 0 Å². The van der Waals surface area contributed by atoms with Crippen molar-refractivity contribution < 1.29 is 4.79 Å². The number of aromatic nitrogens is 2. The molecule has 2 aromatic rings. The van der Waals surface area contributed by atoms with Crippen LogP contribution in [0.5, 0.6) is 0 Å². The van der Waals surface area contributed by atoms with E-state index in [9.17, 15) is 4.79 Å². The fraction of sp³-hybridized carbons (Fsp3) is 0.565. The Kier molecular flexibility index (Phi) is 5.13. The van der Waals surface area contributed by atoms with Crippen LogP contribution < -0.4 is 0 Å². The number of hydrogen-bond donors (Lipinski definition) is 0. The highest BCUT2D eigenvalue weighted by molar-refractivity contribution is 5.85. The number of carbonyl (C=O) groups excluding carboxylic acids is 1. The molecule has 0 saturated carbocycles. The summed E-state index contributed by atoms with van der Waals surface area (Å²) in [5, 5.41) is 0. The van der Waals surface area contributed by atoms with Crippen molar-refractivity contribution in [3.05, 3.63) is 54.1 Å². The van der Waals surface area contributed by atoms with Crippen LogP contribution in [0.3, 0.4) is 0 Å². The topological polar surface area (TPSA) is 47.9 Å². The summed E-state index contributed by atoms with van der Waals surface area (Å²) in [6.07, 6.45) is 5.87. The number of likely N-dealkylation sites (N-methyl/N-ethyl adjacent to an activating group) is 1. The van der Waals surface area contributed by atoms with E-state index in [0.717, 1.165) is 57.9 Å². The molecule has 4 heterocycles. The van der Waals surface area contributed by atoms with Crippen LogP contribution in [0.15, 0.2) is 42.7 Å². The third-order valence-electron chi connectivity index (χ3n) is 7.30. The largest absolute Gasteiger partial charge is 0.337 e. The number of nitrogens with zero attached hydrogens (tertiary/aromatic N) is 6. The van der Waals surface area contributed by atoms with Crippen molar-refractivity contribution in [1.82, 2.24) is 29.2 Å². The molecule has 3 aliphatic rings. The number of rotatable bonds is 4. The van der Waals surface area contributed by atoms with Gasteiger partial charge in [-0.2, -0.15) is 0 Å². The van der Waals surface area contributed by atoms with Crippen LogP contribution in [0.25, 0.3) is 0 Å². The lowest BCUT2D eigenvalue weighted by Gasteiger charge is -2.50. The Hall–Kier alpha value is -2.22. The van der Waals surface area contributed by atoms with E-state index >= 15 is 0 Å². The zero-order valence-corrected chi connectivity index (χ0v) is 18.1. The SMILES string of the molecule is CN1CCN2[C@H](C1)C(=O)N(Cc1ccccc1)C21CCN(Cc2nccn2C)CC1. The van der Waals surface area contributed by atoms with Crippen LogP contribution in [0.2, 0.25) is 0 Å². The molecule has 1 aromatic carbocycles. The van der Waals surface area contributed by atoms with Gasteiger partial charge < -0.3 is 14.4 Å². The fourth-order valence-electron chi connectivity index (χ4n) is 5.54. The Bertz CT molecular complexity index is 888. The van der Waals surface area contributed by atoms with E-state index in [1.807, 2.05) is 18.5 Å². The number of piperidine rings is 1. The van der Waals surface area contributed by atoms with E-state index in [1.165, 1.54) is 5.56 Å². The molecule has 3 saturated heterocycles. The Morgan fingerprint density at radius 2 is 1.80 bits per heavy atom.